The van der Waals surface area contributed by atoms with Gasteiger partial charge in [0, 0.05) is 23.5 Å². The molecule has 1 aromatic heterocycles. The maximum absolute atomic E-state index is 13.2. The summed E-state index contributed by atoms with van der Waals surface area (Å²) in [7, 11) is 1.55. The largest absolute Gasteiger partial charge is 0.497 e. The zero-order valence-corrected chi connectivity index (χ0v) is 16.8. The third kappa shape index (κ3) is 3.11. The first-order valence-electron chi connectivity index (χ1n) is 9.14. The number of aromatic nitrogens is 1. The van der Waals surface area contributed by atoms with Crippen LogP contribution in [0.5, 0.6) is 5.75 Å². The van der Waals surface area contributed by atoms with Gasteiger partial charge in [-0.3, -0.25) is 19.8 Å². The maximum Gasteiger partial charge on any atom is 0.270 e. The smallest absolute Gasteiger partial charge is 0.270 e. The third-order valence-corrected chi connectivity index (χ3v) is 5.43. The minimum absolute atomic E-state index is 0.0591. The predicted molar refractivity (Wildman–Crippen MR) is 111 cm³/mol. The molecule has 1 N–H and O–H groups in total. The molecule has 144 valence electrons. The van der Waals surface area contributed by atoms with Crippen molar-refractivity contribution in [3.63, 3.8) is 0 Å². The first-order valence-corrected chi connectivity index (χ1v) is 9.55. The number of nitrogens with zero attached hydrogens (tertiary/aromatic N) is 2. The molecule has 2 heterocycles. The number of amides is 2. The van der Waals surface area contributed by atoms with Crippen LogP contribution in [0.15, 0.2) is 35.9 Å². The number of hydrogen-bond donors (Lipinski definition) is 1. The minimum atomic E-state index is -0.481. The zero-order chi connectivity index (χ0) is 20.0. The molecule has 28 heavy (non-hydrogen) atoms. The van der Waals surface area contributed by atoms with Crippen LogP contribution in [0.4, 0.5) is 5.69 Å². The van der Waals surface area contributed by atoms with Crippen molar-refractivity contribution in [1.29, 1.82) is 0 Å². The van der Waals surface area contributed by atoms with E-state index < -0.39 is 11.8 Å². The van der Waals surface area contributed by atoms with E-state index in [0.717, 1.165) is 17.0 Å². The fourth-order valence-electron chi connectivity index (χ4n) is 3.64. The number of benzene rings is 1. The molecule has 1 saturated carbocycles. The van der Waals surface area contributed by atoms with Crippen molar-refractivity contribution >= 4 is 40.9 Å². The SMILES string of the molecule is COc1cccc(N2C(=O)/C(=C\c3cc(C)n(C4CC4)c3C)C(=O)NC2=S)c1. The molecule has 2 aromatic rings. The highest BCUT2D eigenvalue weighted by molar-refractivity contribution is 7.80. The number of hydrogen-bond acceptors (Lipinski definition) is 4. The summed E-state index contributed by atoms with van der Waals surface area (Å²) in [4.78, 5) is 27.0. The lowest BCUT2D eigenvalue weighted by atomic mass is 10.1. The minimum Gasteiger partial charge on any atom is -0.497 e. The highest BCUT2D eigenvalue weighted by Crippen LogP contribution is 2.39. The summed E-state index contributed by atoms with van der Waals surface area (Å²) in [5.41, 5.74) is 3.68. The Labute approximate surface area is 168 Å². The molecule has 2 fully saturated rings. The molecule has 1 aliphatic carbocycles. The first kappa shape index (κ1) is 18.4. The van der Waals surface area contributed by atoms with E-state index in [9.17, 15) is 9.59 Å². The molecular formula is C21H21N3O3S. The summed E-state index contributed by atoms with van der Waals surface area (Å²) in [6.45, 7) is 4.07. The molecule has 0 spiro atoms. The van der Waals surface area contributed by atoms with Gasteiger partial charge < -0.3 is 9.30 Å². The average Bonchev–Trinajstić information content (AvgIpc) is 3.44. The molecule has 0 radical (unpaired) electrons. The van der Waals surface area contributed by atoms with Gasteiger partial charge in [-0.15, -0.1) is 0 Å². The van der Waals surface area contributed by atoms with E-state index in [0.29, 0.717) is 17.5 Å². The van der Waals surface area contributed by atoms with E-state index in [2.05, 4.69) is 9.88 Å². The molecule has 2 amide bonds. The quantitative estimate of drug-likeness (QED) is 0.490. The number of rotatable bonds is 4. The summed E-state index contributed by atoms with van der Waals surface area (Å²) in [5.74, 6) is -0.327. The number of carbonyl (C=O) groups is 2. The number of thiocarbonyl (C=S) groups is 1. The van der Waals surface area contributed by atoms with Crippen LogP contribution in [-0.4, -0.2) is 28.6 Å². The Hall–Kier alpha value is -2.93. The van der Waals surface area contributed by atoms with Crippen LogP contribution in [0, 0.1) is 13.8 Å². The summed E-state index contributed by atoms with van der Waals surface area (Å²) in [6, 6.07) is 9.56. The Kier molecular flexibility index (Phi) is 4.55. The molecule has 1 aromatic carbocycles. The number of carbonyl (C=O) groups excluding carboxylic acids is 2. The Morgan fingerprint density at radius 1 is 1.21 bits per heavy atom. The van der Waals surface area contributed by atoms with E-state index in [1.165, 1.54) is 17.7 Å². The van der Waals surface area contributed by atoms with Crippen molar-refractivity contribution in [2.45, 2.75) is 32.7 Å². The van der Waals surface area contributed by atoms with Gasteiger partial charge in [-0.05, 0) is 68.7 Å². The van der Waals surface area contributed by atoms with Gasteiger partial charge in [0.1, 0.15) is 11.3 Å². The van der Waals surface area contributed by atoms with Crippen molar-refractivity contribution in [1.82, 2.24) is 9.88 Å². The molecule has 6 nitrogen and oxygen atoms in total. The standard InChI is InChI=1S/C21H21N3O3S/c1-12-9-14(13(2)23(12)15-7-8-15)10-18-19(25)22-21(28)24(20(18)26)16-5-4-6-17(11-16)27-3/h4-6,9-11,15H,7-8H2,1-3H3,(H,22,25,28)/b18-10-. The first-order chi connectivity index (χ1) is 13.4. The van der Waals surface area contributed by atoms with Crippen molar-refractivity contribution in [3.05, 3.63) is 52.9 Å². The number of nitrogens with one attached hydrogen (secondary N) is 1. The fourth-order valence-corrected chi connectivity index (χ4v) is 3.92. The molecule has 1 saturated heterocycles. The van der Waals surface area contributed by atoms with E-state index in [4.69, 9.17) is 17.0 Å². The monoisotopic (exact) mass is 395 g/mol. The molecule has 0 unspecified atom stereocenters. The van der Waals surface area contributed by atoms with Gasteiger partial charge >= 0.3 is 0 Å². The summed E-state index contributed by atoms with van der Waals surface area (Å²) < 4.78 is 7.51. The number of ether oxygens (including phenoxy) is 1. The van der Waals surface area contributed by atoms with Gasteiger partial charge in [0.25, 0.3) is 11.8 Å². The fraction of sp³-hybridized carbons (Fsp3) is 0.286. The Bertz CT molecular complexity index is 1030. The van der Waals surface area contributed by atoms with Crippen LogP contribution in [0.1, 0.15) is 35.8 Å². The van der Waals surface area contributed by atoms with Gasteiger partial charge in [-0.2, -0.15) is 0 Å². The van der Waals surface area contributed by atoms with Gasteiger partial charge in [-0.25, -0.2) is 0 Å². The Morgan fingerprint density at radius 3 is 2.64 bits per heavy atom. The number of anilines is 1. The molecule has 7 heteroatoms. The topological polar surface area (TPSA) is 63.6 Å². The number of aryl methyl sites for hydroxylation is 1. The second-order valence-electron chi connectivity index (χ2n) is 7.09. The van der Waals surface area contributed by atoms with Gasteiger partial charge in [0.2, 0.25) is 0 Å². The van der Waals surface area contributed by atoms with E-state index in [1.54, 1.807) is 37.5 Å². The zero-order valence-electron chi connectivity index (χ0n) is 16.0. The lowest BCUT2D eigenvalue weighted by molar-refractivity contribution is -0.122. The van der Waals surface area contributed by atoms with Crippen molar-refractivity contribution in [2.24, 2.45) is 0 Å². The van der Waals surface area contributed by atoms with Crippen LogP contribution >= 0.6 is 12.2 Å². The third-order valence-electron chi connectivity index (χ3n) is 5.15. The average molecular weight is 395 g/mol. The van der Waals surface area contributed by atoms with Crippen LogP contribution in [0.2, 0.25) is 0 Å². The van der Waals surface area contributed by atoms with Crippen LogP contribution < -0.4 is 15.0 Å². The van der Waals surface area contributed by atoms with Crippen molar-refractivity contribution < 1.29 is 14.3 Å². The highest BCUT2D eigenvalue weighted by atomic mass is 32.1. The molecule has 0 atom stereocenters. The summed E-state index contributed by atoms with van der Waals surface area (Å²) in [5, 5.41) is 2.68. The summed E-state index contributed by atoms with van der Waals surface area (Å²) in [6.07, 6.45) is 4.00. The highest BCUT2D eigenvalue weighted by Gasteiger charge is 2.35. The van der Waals surface area contributed by atoms with Crippen molar-refractivity contribution in [2.75, 3.05) is 12.0 Å². The van der Waals surface area contributed by atoms with Gasteiger partial charge in [0.15, 0.2) is 5.11 Å². The van der Waals surface area contributed by atoms with Crippen molar-refractivity contribution in [3.8, 4) is 5.75 Å². The van der Waals surface area contributed by atoms with E-state index in [-0.39, 0.29) is 10.7 Å². The van der Waals surface area contributed by atoms with Crippen LogP contribution in [0.25, 0.3) is 6.08 Å². The van der Waals surface area contributed by atoms with Gasteiger partial charge in [-0.1, -0.05) is 6.07 Å². The number of methoxy groups -OCH3 is 1. The molecule has 4 rings (SSSR count). The summed E-state index contributed by atoms with van der Waals surface area (Å²) >= 11 is 5.25. The normalized spacial score (nSPS) is 18.6. The van der Waals surface area contributed by atoms with E-state index in [1.807, 2.05) is 19.9 Å². The molecular weight excluding hydrogens is 374 g/mol. The second kappa shape index (κ2) is 6.91. The molecule has 0 bridgehead atoms. The second-order valence-corrected chi connectivity index (χ2v) is 7.47. The van der Waals surface area contributed by atoms with E-state index >= 15 is 0 Å². The Balaban J connectivity index is 1.74. The van der Waals surface area contributed by atoms with Gasteiger partial charge in [0.05, 0.1) is 12.8 Å². The lowest BCUT2D eigenvalue weighted by Crippen LogP contribution is -2.54. The molecule has 2 aliphatic rings. The van der Waals surface area contributed by atoms with Crippen LogP contribution in [0.3, 0.4) is 0 Å². The lowest BCUT2D eigenvalue weighted by Gasteiger charge is -2.29. The molecule has 1 aliphatic heterocycles. The predicted octanol–water partition coefficient (Wildman–Crippen LogP) is 3.28. The van der Waals surface area contributed by atoms with Crippen LogP contribution in [-0.2, 0) is 9.59 Å². The maximum atomic E-state index is 13.2. The Morgan fingerprint density at radius 2 is 1.96 bits per heavy atom.